The van der Waals surface area contributed by atoms with E-state index < -0.39 is 14.9 Å². The van der Waals surface area contributed by atoms with E-state index in [1.807, 2.05) is 6.92 Å². The average Bonchev–Trinajstić information content (AvgIpc) is 2.40. The lowest BCUT2D eigenvalue weighted by molar-refractivity contribution is -0.385. The van der Waals surface area contributed by atoms with Gasteiger partial charge in [0.05, 0.1) is 9.82 Å². The Bertz CT molecular complexity index is 651. The normalized spacial score (nSPS) is 21.9. The largest absolute Gasteiger partial charge is 0.313 e. The first-order chi connectivity index (χ1) is 9.81. The Morgan fingerprint density at radius 1 is 1.41 bits per heavy atom. The maximum Gasteiger partial charge on any atom is 0.272 e. The van der Waals surface area contributed by atoms with E-state index in [0.29, 0.717) is 5.56 Å². The molecule has 9 heteroatoms. The second-order valence-electron chi connectivity index (χ2n) is 5.32. The van der Waals surface area contributed by atoms with Gasteiger partial charge in [-0.15, -0.1) is 12.4 Å². The summed E-state index contributed by atoms with van der Waals surface area (Å²) < 4.78 is 27.4. The number of aryl methyl sites for hydroxylation is 1. The molecular weight excluding hydrogens is 330 g/mol. The van der Waals surface area contributed by atoms with Crippen LogP contribution in [0.2, 0.25) is 0 Å². The minimum atomic E-state index is -3.67. The Morgan fingerprint density at radius 3 is 2.64 bits per heavy atom. The number of nitrogens with zero attached hydrogens (tertiary/aromatic N) is 1. The van der Waals surface area contributed by atoms with Gasteiger partial charge < -0.3 is 5.32 Å². The van der Waals surface area contributed by atoms with Crippen molar-refractivity contribution in [3.05, 3.63) is 33.9 Å². The first-order valence-corrected chi connectivity index (χ1v) is 8.30. The quantitative estimate of drug-likeness (QED) is 0.637. The minimum Gasteiger partial charge on any atom is -0.313 e. The van der Waals surface area contributed by atoms with E-state index >= 15 is 0 Å². The van der Waals surface area contributed by atoms with E-state index in [0.717, 1.165) is 19.4 Å². The molecule has 22 heavy (non-hydrogen) atoms. The maximum absolute atomic E-state index is 12.4. The number of nitrogens with one attached hydrogen (secondary N) is 2. The number of nitro groups is 1. The number of sulfonamides is 1. The molecule has 1 aliphatic heterocycles. The van der Waals surface area contributed by atoms with Gasteiger partial charge in [-0.05, 0) is 45.4 Å². The van der Waals surface area contributed by atoms with Gasteiger partial charge >= 0.3 is 0 Å². The summed E-state index contributed by atoms with van der Waals surface area (Å²) in [6.07, 6.45) is 1.69. The molecule has 0 aliphatic carbocycles. The molecule has 0 amide bonds. The number of rotatable bonds is 4. The molecule has 1 fully saturated rings. The molecule has 1 saturated heterocycles. The van der Waals surface area contributed by atoms with Crippen LogP contribution in [0.5, 0.6) is 0 Å². The first kappa shape index (κ1) is 18.8. The number of hydrogen-bond acceptors (Lipinski definition) is 5. The highest BCUT2D eigenvalue weighted by Crippen LogP contribution is 2.22. The smallest absolute Gasteiger partial charge is 0.272 e. The SMILES string of the molecule is Cc1cc(S(=O)(=O)NC2CCCNC2C)ccc1[N+](=O)[O-].Cl. The van der Waals surface area contributed by atoms with E-state index in [1.54, 1.807) is 0 Å². The molecule has 2 unspecified atom stereocenters. The van der Waals surface area contributed by atoms with Crippen LogP contribution in [0.3, 0.4) is 0 Å². The van der Waals surface area contributed by atoms with Crippen LogP contribution in [0.1, 0.15) is 25.3 Å². The molecule has 1 aromatic rings. The van der Waals surface area contributed by atoms with Crippen molar-refractivity contribution in [3.8, 4) is 0 Å². The van der Waals surface area contributed by atoms with Crippen molar-refractivity contribution in [1.29, 1.82) is 0 Å². The van der Waals surface area contributed by atoms with Crippen LogP contribution in [0, 0.1) is 17.0 Å². The van der Waals surface area contributed by atoms with Gasteiger partial charge in [0.1, 0.15) is 0 Å². The standard InChI is InChI=1S/C13H19N3O4S.ClH/c1-9-8-11(5-6-13(9)16(17)18)21(19,20)15-12-4-3-7-14-10(12)2;/h5-6,8,10,12,14-15H,3-4,7H2,1-2H3;1H. The average molecular weight is 350 g/mol. The summed E-state index contributed by atoms with van der Waals surface area (Å²) in [7, 11) is -3.67. The molecule has 2 atom stereocenters. The molecule has 1 aromatic carbocycles. The van der Waals surface area contributed by atoms with E-state index in [-0.39, 0.29) is 35.1 Å². The molecule has 124 valence electrons. The van der Waals surface area contributed by atoms with Crippen LogP contribution in [0.15, 0.2) is 23.1 Å². The van der Waals surface area contributed by atoms with Crippen molar-refractivity contribution in [2.75, 3.05) is 6.54 Å². The van der Waals surface area contributed by atoms with Crippen molar-refractivity contribution >= 4 is 28.1 Å². The second kappa shape index (κ2) is 7.36. The molecular formula is C13H20ClN3O4S. The van der Waals surface area contributed by atoms with Crippen molar-refractivity contribution in [2.45, 2.75) is 43.7 Å². The van der Waals surface area contributed by atoms with Crippen LogP contribution >= 0.6 is 12.4 Å². The predicted octanol–water partition coefficient (Wildman–Crippen LogP) is 1.74. The third-order valence-corrected chi connectivity index (χ3v) is 5.23. The summed E-state index contributed by atoms with van der Waals surface area (Å²) in [5.41, 5.74) is 0.249. The fourth-order valence-corrected chi connectivity index (χ4v) is 3.91. The lowest BCUT2D eigenvalue weighted by Crippen LogP contribution is -2.51. The molecule has 7 nitrogen and oxygen atoms in total. The van der Waals surface area contributed by atoms with E-state index in [4.69, 9.17) is 0 Å². The van der Waals surface area contributed by atoms with Crippen molar-refractivity contribution < 1.29 is 13.3 Å². The molecule has 0 aromatic heterocycles. The highest BCUT2D eigenvalue weighted by Gasteiger charge is 2.27. The van der Waals surface area contributed by atoms with Gasteiger partial charge in [0, 0.05) is 23.7 Å². The maximum atomic E-state index is 12.4. The lowest BCUT2D eigenvalue weighted by atomic mass is 10.0. The Labute approximate surface area is 136 Å². The van der Waals surface area contributed by atoms with Crippen molar-refractivity contribution in [2.24, 2.45) is 0 Å². The lowest BCUT2D eigenvalue weighted by Gasteiger charge is -2.30. The highest BCUT2D eigenvalue weighted by atomic mass is 35.5. The topological polar surface area (TPSA) is 101 Å². The van der Waals surface area contributed by atoms with Gasteiger partial charge in [-0.3, -0.25) is 10.1 Å². The van der Waals surface area contributed by atoms with E-state index in [1.165, 1.54) is 25.1 Å². The highest BCUT2D eigenvalue weighted by molar-refractivity contribution is 7.89. The zero-order valence-corrected chi connectivity index (χ0v) is 14.0. The van der Waals surface area contributed by atoms with Gasteiger partial charge in [-0.2, -0.15) is 0 Å². The van der Waals surface area contributed by atoms with Crippen LogP contribution in [-0.2, 0) is 10.0 Å². The van der Waals surface area contributed by atoms with Gasteiger partial charge in [-0.25, -0.2) is 13.1 Å². The first-order valence-electron chi connectivity index (χ1n) is 6.82. The molecule has 1 heterocycles. The molecule has 1 aliphatic rings. The molecule has 0 saturated carbocycles. The van der Waals surface area contributed by atoms with Gasteiger partial charge in [0.15, 0.2) is 0 Å². The van der Waals surface area contributed by atoms with E-state index in [9.17, 15) is 18.5 Å². The minimum absolute atomic E-state index is 0. The Morgan fingerprint density at radius 2 is 2.09 bits per heavy atom. The number of piperidine rings is 1. The zero-order valence-electron chi connectivity index (χ0n) is 12.4. The summed E-state index contributed by atoms with van der Waals surface area (Å²) in [6, 6.07) is 3.73. The molecule has 2 rings (SSSR count). The van der Waals surface area contributed by atoms with Crippen molar-refractivity contribution in [1.82, 2.24) is 10.0 Å². The number of hydrogen-bond donors (Lipinski definition) is 2. The molecule has 0 bridgehead atoms. The van der Waals surface area contributed by atoms with Crippen LogP contribution in [0.25, 0.3) is 0 Å². The third kappa shape index (κ3) is 4.16. The summed E-state index contributed by atoms with van der Waals surface area (Å²) in [6.45, 7) is 4.35. The Balaban J connectivity index is 0.00000242. The molecule has 0 radical (unpaired) electrons. The fourth-order valence-electron chi connectivity index (χ4n) is 2.47. The Kier molecular flexibility index (Phi) is 6.30. The summed E-state index contributed by atoms with van der Waals surface area (Å²) in [4.78, 5) is 10.3. The van der Waals surface area contributed by atoms with Crippen LogP contribution in [0.4, 0.5) is 5.69 Å². The second-order valence-corrected chi connectivity index (χ2v) is 7.03. The summed E-state index contributed by atoms with van der Waals surface area (Å²) in [5, 5.41) is 14.0. The number of halogens is 1. The van der Waals surface area contributed by atoms with Crippen molar-refractivity contribution in [3.63, 3.8) is 0 Å². The van der Waals surface area contributed by atoms with Gasteiger partial charge in [0.25, 0.3) is 5.69 Å². The third-order valence-electron chi connectivity index (χ3n) is 3.74. The predicted molar refractivity (Wildman–Crippen MR) is 85.9 cm³/mol. The van der Waals surface area contributed by atoms with Gasteiger partial charge in [0.2, 0.25) is 10.0 Å². The van der Waals surface area contributed by atoms with Gasteiger partial charge in [-0.1, -0.05) is 0 Å². The Hall–Kier alpha value is -1.22. The summed E-state index contributed by atoms with van der Waals surface area (Å²) >= 11 is 0. The molecule has 2 N–H and O–H groups in total. The fraction of sp³-hybridized carbons (Fsp3) is 0.538. The van der Waals surface area contributed by atoms with Crippen LogP contribution in [-0.4, -0.2) is 32.0 Å². The monoisotopic (exact) mass is 349 g/mol. The number of benzene rings is 1. The number of nitro benzene ring substituents is 1. The molecule has 0 spiro atoms. The zero-order chi connectivity index (χ0) is 15.6. The van der Waals surface area contributed by atoms with Crippen LogP contribution < -0.4 is 10.0 Å². The summed E-state index contributed by atoms with van der Waals surface area (Å²) in [5.74, 6) is 0. The van der Waals surface area contributed by atoms with E-state index in [2.05, 4.69) is 10.0 Å².